The first-order valence-corrected chi connectivity index (χ1v) is 5.86. The number of rotatable bonds is 1. The summed E-state index contributed by atoms with van der Waals surface area (Å²) in [5, 5.41) is 3.82. The molecule has 2 aliphatic heterocycles. The van der Waals surface area contributed by atoms with Crippen LogP contribution < -0.4 is 5.43 Å². The smallest absolute Gasteiger partial charge is 0.270 e. The summed E-state index contributed by atoms with van der Waals surface area (Å²) in [4.78, 5) is 24.8. The van der Waals surface area contributed by atoms with E-state index in [0.717, 1.165) is 0 Å². The molecule has 1 fully saturated rings. The minimum absolute atomic E-state index is 0.0430. The van der Waals surface area contributed by atoms with Crippen LogP contribution in [-0.4, -0.2) is 47.7 Å². The van der Waals surface area contributed by atoms with Crippen LogP contribution in [0, 0.1) is 0 Å². The summed E-state index contributed by atoms with van der Waals surface area (Å²) in [6.45, 7) is 5.05. The van der Waals surface area contributed by atoms with Crippen LogP contribution in [0.3, 0.4) is 0 Å². The molecule has 2 heterocycles. The van der Waals surface area contributed by atoms with Gasteiger partial charge in [-0.3, -0.25) is 9.59 Å². The van der Waals surface area contributed by atoms with E-state index < -0.39 is 0 Å². The van der Waals surface area contributed by atoms with Gasteiger partial charge in [0.25, 0.3) is 5.91 Å². The number of amides is 2. The van der Waals surface area contributed by atoms with Crippen LogP contribution in [0.2, 0.25) is 0 Å². The van der Waals surface area contributed by atoms with Gasteiger partial charge in [-0.15, -0.1) is 0 Å². The van der Waals surface area contributed by atoms with Crippen molar-refractivity contribution in [2.45, 2.75) is 38.9 Å². The molecule has 94 valence electrons. The molecule has 2 aliphatic rings. The molecule has 1 N–H and O–H groups in total. The Bertz CT molecular complexity index is 357. The third-order valence-corrected chi connectivity index (χ3v) is 2.86. The second-order valence-electron chi connectivity index (χ2n) is 4.56. The molecule has 6 heteroatoms. The van der Waals surface area contributed by atoms with Crippen molar-refractivity contribution >= 4 is 17.5 Å². The van der Waals surface area contributed by atoms with Crippen molar-refractivity contribution in [1.29, 1.82) is 0 Å². The van der Waals surface area contributed by atoms with Gasteiger partial charge in [0.05, 0.1) is 12.2 Å². The molecule has 0 aliphatic carbocycles. The normalized spacial score (nSPS) is 29.6. The second kappa shape index (κ2) is 4.83. The Morgan fingerprint density at radius 3 is 2.53 bits per heavy atom. The van der Waals surface area contributed by atoms with Crippen LogP contribution in [0.15, 0.2) is 5.10 Å². The number of nitrogens with zero attached hydrogens (tertiary/aromatic N) is 2. The molecule has 2 rings (SSSR count). The van der Waals surface area contributed by atoms with Gasteiger partial charge in [0.2, 0.25) is 5.91 Å². The number of carbonyl (C=O) groups excluding carboxylic acids is 2. The van der Waals surface area contributed by atoms with Crippen LogP contribution in [-0.2, 0) is 14.3 Å². The predicted molar refractivity (Wildman–Crippen MR) is 61.4 cm³/mol. The average Bonchev–Trinajstić information content (AvgIpc) is 2.28. The van der Waals surface area contributed by atoms with E-state index in [0.29, 0.717) is 31.6 Å². The van der Waals surface area contributed by atoms with Gasteiger partial charge in [-0.25, -0.2) is 5.43 Å². The van der Waals surface area contributed by atoms with E-state index in [-0.39, 0.29) is 24.0 Å². The van der Waals surface area contributed by atoms with E-state index in [9.17, 15) is 9.59 Å². The van der Waals surface area contributed by atoms with E-state index in [1.165, 1.54) is 0 Å². The molecule has 0 bridgehead atoms. The van der Waals surface area contributed by atoms with Crippen molar-refractivity contribution in [2.75, 3.05) is 13.1 Å². The zero-order valence-corrected chi connectivity index (χ0v) is 10.1. The number of nitrogens with one attached hydrogen (secondary N) is 1. The summed E-state index contributed by atoms with van der Waals surface area (Å²) >= 11 is 0. The van der Waals surface area contributed by atoms with Crippen LogP contribution >= 0.6 is 0 Å². The highest BCUT2D eigenvalue weighted by atomic mass is 16.5. The topological polar surface area (TPSA) is 71.0 Å². The fourth-order valence-corrected chi connectivity index (χ4v) is 2.15. The molecule has 1 saturated heterocycles. The molecular weight excluding hydrogens is 222 g/mol. The van der Waals surface area contributed by atoms with Gasteiger partial charge in [-0.2, -0.15) is 5.10 Å². The number of hydrogen-bond donors (Lipinski definition) is 1. The molecule has 0 spiro atoms. The van der Waals surface area contributed by atoms with E-state index >= 15 is 0 Å². The monoisotopic (exact) mass is 239 g/mol. The lowest BCUT2D eigenvalue weighted by Gasteiger charge is -2.35. The fourth-order valence-electron chi connectivity index (χ4n) is 2.15. The molecule has 2 amide bonds. The Hall–Kier alpha value is -1.43. The number of carbonyl (C=O) groups is 2. The van der Waals surface area contributed by atoms with Crippen molar-refractivity contribution in [3.8, 4) is 0 Å². The lowest BCUT2D eigenvalue weighted by atomic mass is 10.1. The highest BCUT2D eigenvalue weighted by molar-refractivity contribution is 6.39. The molecule has 2 atom stereocenters. The number of hydrazone groups is 1. The standard InChI is InChI=1S/C11H17N3O3/c1-7-5-14(6-8(2)17-7)11(16)9-3-4-10(15)13-12-9/h7-8H,3-6H2,1-2H3,(H,13,15). The molecule has 0 radical (unpaired) electrons. The van der Waals surface area contributed by atoms with Gasteiger partial charge in [-0.1, -0.05) is 0 Å². The maximum absolute atomic E-state index is 12.1. The van der Waals surface area contributed by atoms with E-state index in [1.54, 1.807) is 4.90 Å². The van der Waals surface area contributed by atoms with E-state index in [4.69, 9.17) is 4.74 Å². The van der Waals surface area contributed by atoms with Crippen LogP contribution in [0.1, 0.15) is 26.7 Å². The minimum atomic E-state index is -0.134. The largest absolute Gasteiger partial charge is 0.372 e. The number of hydrogen-bond acceptors (Lipinski definition) is 4. The van der Waals surface area contributed by atoms with Crippen LogP contribution in [0.4, 0.5) is 0 Å². The van der Waals surface area contributed by atoms with E-state index in [2.05, 4.69) is 10.5 Å². The number of ether oxygens (including phenoxy) is 1. The second-order valence-corrected chi connectivity index (χ2v) is 4.56. The van der Waals surface area contributed by atoms with Crippen molar-refractivity contribution in [3.63, 3.8) is 0 Å². The van der Waals surface area contributed by atoms with Gasteiger partial charge < -0.3 is 9.64 Å². The van der Waals surface area contributed by atoms with Crippen molar-refractivity contribution < 1.29 is 14.3 Å². The molecule has 2 unspecified atom stereocenters. The third-order valence-electron chi connectivity index (χ3n) is 2.86. The summed E-state index contributed by atoms with van der Waals surface area (Å²) in [6.07, 6.45) is 0.841. The van der Waals surface area contributed by atoms with Crippen LogP contribution in [0.25, 0.3) is 0 Å². The highest BCUT2D eigenvalue weighted by Gasteiger charge is 2.29. The summed E-state index contributed by atoms with van der Waals surface area (Å²) in [7, 11) is 0. The molecule has 6 nitrogen and oxygen atoms in total. The molecular formula is C11H17N3O3. The van der Waals surface area contributed by atoms with Gasteiger partial charge in [0.15, 0.2) is 0 Å². The Balaban J connectivity index is 2.02. The summed E-state index contributed by atoms with van der Waals surface area (Å²) < 4.78 is 5.57. The minimum Gasteiger partial charge on any atom is -0.372 e. The average molecular weight is 239 g/mol. The Morgan fingerprint density at radius 1 is 1.35 bits per heavy atom. The molecule has 0 aromatic carbocycles. The maximum Gasteiger partial charge on any atom is 0.270 e. The van der Waals surface area contributed by atoms with Gasteiger partial charge in [-0.05, 0) is 13.8 Å². The van der Waals surface area contributed by atoms with Crippen molar-refractivity contribution in [3.05, 3.63) is 0 Å². The summed E-state index contributed by atoms with van der Waals surface area (Å²) in [5.41, 5.74) is 2.78. The zero-order valence-electron chi connectivity index (χ0n) is 10.1. The van der Waals surface area contributed by atoms with Crippen LogP contribution in [0.5, 0.6) is 0 Å². The molecule has 17 heavy (non-hydrogen) atoms. The predicted octanol–water partition coefficient (Wildman–Crippen LogP) is -0.112. The van der Waals surface area contributed by atoms with E-state index in [1.807, 2.05) is 13.8 Å². The molecule has 0 aromatic rings. The van der Waals surface area contributed by atoms with Gasteiger partial charge >= 0.3 is 0 Å². The number of morpholine rings is 1. The first-order chi connectivity index (χ1) is 8.06. The summed E-state index contributed by atoms with van der Waals surface area (Å²) in [6, 6.07) is 0. The maximum atomic E-state index is 12.1. The molecule has 0 aromatic heterocycles. The highest BCUT2D eigenvalue weighted by Crippen LogP contribution is 2.13. The Labute approximate surface area is 100.0 Å². The Kier molecular flexibility index (Phi) is 3.42. The van der Waals surface area contributed by atoms with Crippen molar-refractivity contribution in [2.24, 2.45) is 5.10 Å². The molecule has 0 saturated carbocycles. The Morgan fingerprint density at radius 2 is 2.00 bits per heavy atom. The first kappa shape index (κ1) is 12.0. The first-order valence-electron chi connectivity index (χ1n) is 5.86. The van der Waals surface area contributed by atoms with Crippen molar-refractivity contribution in [1.82, 2.24) is 10.3 Å². The lowest BCUT2D eigenvalue weighted by Crippen LogP contribution is -2.51. The van der Waals surface area contributed by atoms with Gasteiger partial charge in [0, 0.05) is 25.9 Å². The SMILES string of the molecule is CC1CN(C(=O)C2=NNC(=O)CC2)CC(C)O1. The summed E-state index contributed by atoms with van der Waals surface area (Å²) in [5.74, 6) is -0.225. The lowest BCUT2D eigenvalue weighted by molar-refractivity contribution is -0.136. The third kappa shape index (κ3) is 2.82. The van der Waals surface area contributed by atoms with Gasteiger partial charge in [0.1, 0.15) is 5.71 Å². The quantitative estimate of drug-likeness (QED) is 0.694. The zero-order chi connectivity index (χ0) is 12.4. The fraction of sp³-hybridized carbons (Fsp3) is 0.727.